The van der Waals surface area contributed by atoms with E-state index in [9.17, 15) is 13.3 Å². The molecule has 1 aromatic carbocycles. The van der Waals surface area contributed by atoms with Crippen molar-refractivity contribution >= 4 is 27.3 Å². The van der Waals surface area contributed by atoms with Gasteiger partial charge in [0.1, 0.15) is 10.5 Å². The van der Waals surface area contributed by atoms with Gasteiger partial charge in [-0.3, -0.25) is 0 Å². The fourth-order valence-corrected chi connectivity index (χ4v) is 7.41. The standard InChI is InChI=1S/C25H36BrF2NO3S/c1-8-31-17(4)25(29-33(30)23(5,6)7)20-11-19(26)10-9-18(20)14-24(25)12-15(2)21(16(3)13-24)32-22(27)28/h9-11,15-16,21-22,29H,4,8,12-14H2,1-3,5-7H3/t15-,16+,21+,24+,25-,33-/m0/s1. The quantitative estimate of drug-likeness (QED) is 0.314. The first-order chi connectivity index (χ1) is 15.3. The number of benzene rings is 1. The highest BCUT2D eigenvalue weighted by Gasteiger charge is 2.65. The Balaban J connectivity index is 2.20. The second-order valence-electron chi connectivity index (χ2n) is 10.6. The van der Waals surface area contributed by atoms with E-state index >= 15 is 0 Å². The Hall–Kier alpha value is -0.670. The Labute approximate surface area is 208 Å². The van der Waals surface area contributed by atoms with Crippen LogP contribution in [0.15, 0.2) is 35.0 Å². The number of halogens is 3. The molecule has 0 bridgehead atoms. The summed E-state index contributed by atoms with van der Waals surface area (Å²) in [7, 11) is 0. The predicted molar refractivity (Wildman–Crippen MR) is 132 cm³/mol. The summed E-state index contributed by atoms with van der Waals surface area (Å²) >= 11 is 2.18. The molecule has 33 heavy (non-hydrogen) atoms. The number of rotatable bonds is 7. The van der Waals surface area contributed by atoms with Crippen molar-refractivity contribution in [3.8, 4) is 0 Å². The van der Waals surface area contributed by atoms with Crippen molar-refractivity contribution in [3.05, 3.63) is 46.1 Å². The van der Waals surface area contributed by atoms with E-state index < -0.39 is 39.8 Å². The molecular formula is C25H36BrF2NO3S. The lowest BCUT2D eigenvalue weighted by Crippen LogP contribution is -2.62. The molecule has 0 saturated heterocycles. The third-order valence-corrected chi connectivity index (χ3v) is 9.24. The molecule has 8 heteroatoms. The highest BCUT2D eigenvalue weighted by Crippen LogP contribution is 2.63. The number of nitrogens with one attached hydrogen (secondary N) is 1. The third kappa shape index (κ3) is 4.88. The first-order valence-corrected chi connectivity index (χ1v) is 13.5. The average Bonchev–Trinajstić information content (AvgIpc) is 2.93. The lowest BCUT2D eigenvalue weighted by atomic mass is 9.56. The van der Waals surface area contributed by atoms with Crippen LogP contribution in [0.1, 0.15) is 65.5 Å². The number of hydrogen-bond acceptors (Lipinski definition) is 4. The Morgan fingerprint density at radius 2 is 1.91 bits per heavy atom. The van der Waals surface area contributed by atoms with E-state index in [-0.39, 0.29) is 11.8 Å². The van der Waals surface area contributed by atoms with Crippen molar-refractivity contribution in [2.24, 2.45) is 17.3 Å². The summed E-state index contributed by atoms with van der Waals surface area (Å²) in [6.45, 7) is 13.6. The summed E-state index contributed by atoms with van der Waals surface area (Å²) < 4.78 is 54.9. The van der Waals surface area contributed by atoms with Gasteiger partial charge in [-0.25, -0.2) is 0 Å². The van der Waals surface area contributed by atoms with Gasteiger partial charge < -0.3 is 14.0 Å². The molecule has 2 aliphatic rings. The van der Waals surface area contributed by atoms with Crippen molar-refractivity contribution < 1.29 is 22.8 Å². The number of ether oxygens (including phenoxy) is 2. The van der Waals surface area contributed by atoms with Gasteiger partial charge in [-0.05, 0) is 82.1 Å². The molecule has 1 N–H and O–H groups in total. The zero-order chi connectivity index (χ0) is 24.8. The zero-order valence-corrected chi connectivity index (χ0v) is 22.7. The van der Waals surface area contributed by atoms with Gasteiger partial charge in [-0.15, -0.1) is 4.72 Å². The molecule has 1 spiro atoms. The summed E-state index contributed by atoms with van der Waals surface area (Å²) in [5.74, 6) is 0.269. The second kappa shape index (κ2) is 9.76. The molecule has 0 unspecified atom stereocenters. The highest BCUT2D eigenvalue weighted by atomic mass is 79.9. The van der Waals surface area contributed by atoms with Gasteiger partial charge in [-0.2, -0.15) is 8.78 Å². The molecule has 6 atom stereocenters. The molecule has 1 fully saturated rings. The summed E-state index contributed by atoms with van der Waals surface area (Å²) in [4.78, 5) is 0. The van der Waals surface area contributed by atoms with Crippen LogP contribution in [0.3, 0.4) is 0 Å². The van der Waals surface area contributed by atoms with Crippen molar-refractivity contribution in [3.63, 3.8) is 0 Å². The minimum atomic E-state index is -2.81. The van der Waals surface area contributed by atoms with Crippen molar-refractivity contribution in [2.75, 3.05) is 6.61 Å². The molecule has 186 valence electrons. The van der Waals surface area contributed by atoms with Crippen LogP contribution in [0.5, 0.6) is 0 Å². The Kier molecular flexibility index (Phi) is 7.97. The van der Waals surface area contributed by atoms with Gasteiger partial charge >= 0.3 is 6.61 Å². The van der Waals surface area contributed by atoms with E-state index in [1.54, 1.807) is 0 Å². The molecule has 4 nitrogen and oxygen atoms in total. The maximum Gasteiger partial charge on any atom is 0.345 e. The number of alkyl halides is 2. The summed E-state index contributed by atoms with van der Waals surface area (Å²) in [5, 5.41) is 0. The molecule has 1 aromatic rings. The van der Waals surface area contributed by atoms with Crippen LogP contribution in [0.2, 0.25) is 0 Å². The highest BCUT2D eigenvalue weighted by molar-refractivity contribution is 9.10. The van der Waals surface area contributed by atoms with E-state index in [0.29, 0.717) is 31.6 Å². The maximum atomic E-state index is 13.6. The smallest absolute Gasteiger partial charge is 0.345 e. The fraction of sp³-hybridized carbons (Fsp3) is 0.680. The molecule has 0 amide bonds. The summed E-state index contributed by atoms with van der Waals surface area (Å²) in [6.07, 6.45) is 1.40. The van der Waals surface area contributed by atoms with Gasteiger partial charge in [-0.1, -0.05) is 42.4 Å². The number of fused-ring (bicyclic) bond motifs is 1. The van der Waals surface area contributed by atoms with Gasteiger partial charge in [0.15, 0.2) is 5.54 Å². The average molecular weight is 549 g/mol. The third-order valence-electron chi connectivity index (χ3n) is 7.15. The Bertz CT molecular complexity index is 866. The molecule has 1 saturated carbocycles. The van der Waals surface area contributed by atoms with Crippen LogP contribution in [0.25, 0.3) is 0 Å². The van der Waals surface area contributed by atoms with Crippen LogP contribution in [-0.4, -0.2) is 28.6 Å². The van der Waals surface area contributed by atoms with Gasteiger partial charge in [0.25, 0.3) is 0 Å². The van der Waals surface area contributed by atoms with Crippen LogP contribution in [0.4, 0.5) is 8.78 Å². The van der Waals surface area contributed by atoms with Crippen molar-refractivity contribution in [1.29, 1.82) is 0 Å². The Morgan fingerprint density at radius 1 is 1.30 bits per heavy atom. The SMILES string of the molecule is C=C(OCC)[C@]1(N[S@@+]([O-])C(C)(C)C)c2cc(Br)ccc2C[C@@]12C[C@@H](C)[C@H](OC(F)F)[C@@H](C)C2. The molecule has 0 heterocycles. The van der Waals surface area contributed by atoms with E-state index in [0.717, 1.165) is 15.6 Å². The summed E-state index contributed by atoms with van der Waals surface area (Å²) in [5.41, 5.74) is 0.730. The van der Waals surface area contributed by atoms with Crippen LogP contribution in [-0.2, 0) is 32.8 Å². The fourth-order valence-electron chi connectivity index (χ4n) is 6.02. The largest absolute Gasteiger partial charge is 0.598 e. The number of hydrogen-bond donors (Lipinski definition) is 1. The predicted octanol–water partition coefficient (Wildman–Crippen LogP) is 6.46. The Morgan fingerprint density at radius 3 is 2.42 bits per heavy atom. The lowest BCUT2D eigenvalue weighted by molar-refractivity contribution is -0.208. The first kappa shape index (κ1) is 26.9. The maximum absolute atomic E-state index is 13.6. The monoisotopic (exact) mass is 547 g/mol. The van der Waals surface area contributed by atoms with Crippen LogP contribution in [0, 0.1) is 17.3 Å². The molecule has 0 aromatic heterocycles. The topological polar surface area (TPSA) is 53.5 Å². The van der Waals surface area contributed by atoms with Gasteiger partial charge in [0.2, 0.25) is 0 Å². The van der Waals surface area contributed by atoms with Crippen LogP contribution < -0.4 is 4.72 Å². The van der Waals surface area contributed by atoms with Gasteiger partial charge in [0.05, 0.1) is 12.7 Å². The molecular weight excluding hydrogens is 512 g/mol. The molecule has 0 radical (unpaired) electrons. The first-order valence-electron chi connectivity index (χ1n) is 11.5. The minimum Gasteiger partial charge on any atom is -0.598 e. The normalized spacial score (nSPS) is 32.8. The molecule has 0 aliphatic heterocycles. The zero-order valence-electron chi connectivity index (χ0n) is 20.3. The molecule has 3 rings (SSSR count). The van der Waals surface area contributed by atoms with Crippen molar-refractivity contribution in [1.82, 2.24) is 4.72 Å². The van der Waals surface area contributed by atoms with E-state index in [1.807, 2.05) is 47.6 Å². The molecule has 2 aliphatic carbocycles. The minimum absolute atomic E-state index is 0.126. The second-order valence-corrected chi connectivity index (χ2v) is 13.5. The van der Waals surface area contributed by atoms with E-state index in [4.69, 9.17) is 9.47 Å². The van der Waals surface area contributed by atoms with Gasteiger partial charge in [0, 0.05) is 21.2 Å². The lowest BCUT2D eigenvalue weighted by Gasteiger charge is -2.54. The van der Waals surface area contributed by atoms with Crippen molar-refractivity contribution in [2.45, 2.75) is 83.8 Å². The van der Waals surface area contributed by atoms with E-state index in [1.165, 1.54) is 0 Å². The summed E-state index contributed by atoms with van der Waals surface area (Å²) in [6, 6.07) is 6.14. The van der Waals surface area contributed by atoms with Crippen LogP contribution >= 0.6 is 15.9 Å². The van der Waals surface area contributed by atoms with E-state index in [2.05, 4.69) is 39.4 Å².